The van der Waals surface area contributed by atoms with Crippen molar-refractivity contribution >= 4 is 12.0 Å². The maximum absolute atomic E-state index is 10.8. The number of carboxylic acid groups (broad SMARTS) is 1. The minimum atomic E-state index is -0.946. The number of benzene rings is 1. The Morgan fingerprint density at radius 1 is 1.36 bits per heavy atom. The van der Waals surface area contributed by atoms with Gasteiger partial charge in [-0.05, 0) is 55.6 Å². The third kappa shape index (κ3) is 4.88. The molecule has 0 aromatic heterocycles. The Morgan fingerprint density at radius 2 is 2.09 bits per heavy atom. The fourth-order valence-electron chi connectivity index (χ4n) is 2.64. The van der Waals surface area contributed by atoms with Gasteiger partial charge in [-0.1, -0.05) is 19.9 Å². The van der Waals surface area contributed by atoms with Gasteiger partial charge in [-0.3, -0.25) is 4.90 Å². The molecular weight excluding hydrogens is 278 g/mol. The second kappa shape index (κ2) is 7.99. The fraction of sp³-hybridized carbons (Fsp3) is 0.500. The molecule has 0 unspecified atom stereocenters. The van der Waals surface area contributed by atoms with Crippen LogP contribution < -0.4 is 4.74 Å². The van der Waals surface area contributed by atoms with E-state index < -0.39 is 5.97 Å². The predicted molar refractivity (Wildman–Crippen MR) is 88.4 cm³/mol. The standard InChI is InChI=1S/C18H25NO3/c1-14(2)15-5-7-17(16(13-15)6-8-18(20)21)22-12-11-19-9-3-4-10-19/h5-8,13-14H,3-4,9-12H2,1-2H3,(H,20,21)/b8-6+. The molecule has 0 aliphatic carbocycles. The summed E-state index contributed by atoms with van der Waals surface area (Å²) in [5.41, 5.74) is 2.01. The normalized spacial score (nSPS) is 15.8. The zero-order chi connectivity index (χ0) is 15.9. The Kier molecular flexibility index (Phi) is 6.01. The Balaban J connectivity index is 2.05. The van der Waals surface area contributed by atoms with Gasteiger partial charge in [0.1, 0.15) is 12.4 Å². The average Bonchev–Trinajstić information content (AvgIpc) is 2.99. The van der Waals surface area contributed by atoms with Crippen molar-refractivity contribution in [2.75, 3.05) is 26.2 Å². The van der Waals surface area contributed by atoms with Gasteiger partial charge in [-0.2, -0.15) is 0 Å². The van der Waals surface area contributed by atoms with Crippen LogP contribution in [0, 0.1) is 0 Å². The van der Waals surface area contributed by atoms with E-state index >= 15 is 0 Å². The van der Waals surface area contributed by atoms with Gasteiger partial charge in [0.2, 0.25) is 0 Å². The minimum Gasteiger partial charge on any atom is -0.492 e. The van der Waals surface area contributed by atoms with Crippen LogP contribution >= 0.6 is 0 Å². The summed E-state index contributed by atoms with van der Waals surface area (Å²) < 4.78 is 5.88. The molecule has 2 rings (SSSR count). The molecule has 1 saturated heterocycles. The number of ether oxygens (including phenoxy) is 1. The minimum absolute atomic E-state index is 0.399. The number of carboxylic acids is 1. The van der Waals surface area contributed by atoms with Crippen LogP contribution in [0.2, 0.25) is 0 Å². The van der Waals surface area contributed by atoms with Crippen LogP contribution in [-0.2, 0) is 4.79 Å². The first-order chi connectivity index (χ1) is 10.6. The van der Waals surface area contributed by atoms with E-state index in [0.29, 0.717) is 12.5 Å². The molecule has 0 amide bonds. The van der Waals surface area contributed by atoms with Gasteiger partial charge in [0.05, 0.1) is 0 Å². The second-order valence-corrected chi connectivity index (χ2v) is 6.02. The lowest BCUT2D eigenvalue weighted by molar-refractivity contribution is -0.131. The molecule has 0 saturated carbocycles. The van der Waals surface area contributed by atoms with Crippen LogP contribution in [0.25, 0.3) is 6.08 Å². The highest BCUT2D eigenvalue weighted by atomic mass is 16.5. The molecule has 1 aromatic carbocycles. The molecule has 1 N–H and O–H groups in total. The number of rotatable bonds is 7. The van der Waals surface area contributed by atoms with Gasteiger partial charge in [-0.25, -0.2) is 4.79 Å². The molecule has 0 spiro atoms. The Labute approximate surface area is 132 Å². The van der Waals surface area contributed by atoms with E-state index in [9.17, 15) is 4.79 Å². The van der Waals surface area contributed by atoms with E-state index in [0.717, 1.165) is 37.0 Å². The number of nitrogens with zero attached hydrogens (tertiary/aromatic N) is 1. The lowest BCUT2D eigenvalue weighted by atomic mass is 10.00. The van der Waals surface area contributed by atoms with Crippen molar-refractivity contribution in [3.8, 4) is 5.75 Å². The van der Waals surface area contributed by atoms with Gasteiger partial charge in [0.15, 0.2) is 0 Å². The molecule has 1 heterocycles. The van der Waals surface area contributed by atoms with E-state index in [1.54, 1.807) is 6.08 Å². The zero-order valence-corrected chi connectivity index (χ0v) is 13.4. The summed E-state index contributed by atoms with van der Waals surface area (Å²) in [5.74, 6) is 0.203. The van der Waals surface area contributed by atoms with Gasteiger partial charge in [0, 0.05) is 18.2 Å². The molecule has 4 heteroatoms. The van der Waals surface area contributed by atoms with E-state index in [2.05, 4.69) is 18.7 Å². The SMILES string of the molecule is CC(C)c1ccc(OCCN2CCCC2)c(/C=C/C(=O)O)c1. The Bertz CT molecular complexity index is 531. The largest absolute Gasteiger partial charge is 0.492 e. The summed E-state index contributed by atoms with van der Waals surface area (Å²) in [7, 11) is 0. The predicted octanol–water partition coefficient (Wildman–Crippen LogP) is 3.38. The molecular formula is C18H25NO3. The van der Waals surface area contributed by atoms with Crippen molar-refractivity contribution in [3.05, 3.63) is 35.4 Å². The fourth-order valence-corrected chi connectivity index (χ4v) is 2.64. The first-order valence-electron chi connectivity index (χ1n) is 7.96. The highest BCUT2D eigenvalue weighted by molar-refractivity contribution is 5.86. The van der Waals surface area contributed by atoms with Gasteiger partial charge in [-0.15, -0.1) is 0 Å². The van der Waals surface area contributed by atoms with Crippen molar-refractivity contribution in [3.63, 3.8) is 0 Å². The maximum Gasteiger partial charge on any atom is 0.328 e. The lowest BCUT2D eigenvalue weighted by Crippen LogP contribution is -2.25. The van der Waals surface area contributed by atoms with Crippen LogP contribution in [0.5, 0.6) is 5.75 Å². The summed E-state index contributed by atoms with van der Waals surface area (Å²) >= 11 is 0. The molecule has 0 radical (unpaired) electrons. The summed E-state index contributed by atoms with van der Waals surface area (Å²) in [5, 5.41) is 8.83. The number of likely N-dealkylation sites (tertiary alicyclic amines) is 1. The molecule has 0 bridgehead atoms. The van der Waals surface area contributed by atoms with Crippen molar-refractivity contribution < 1.29 is 14.6 Å². The number of aliphatic carboxylic acids is 1. The van der Waals surface area contributed by atoms with E-state index in [1.807, 2.05) is 18.2 Å². The van der Waals surface area contributed by atoms with Gasteiger partial charge < -0.3 is 9.84 Å². The van der Waals surface area contributed by atoms with Crippen molar-refractivity contribution in [1.29, 1.82) is 0 Å². The highest BCUT2D eigenvalue weighted by Gasteiger charge is 2.11. The third-order valence-electron chi connectivity index (χ3n) is 3.97. The molecule has 1 fully saturated rings. The highest BCUT2D eigenvalue weighted by Crippen LogP contribution is 2.25. The molecule has 1 aromatic rings. The van der Waals surface area contributed by atoms with E-state index in [1.165, 1.54) is 18.4 Å². The first-order valence-corrected chi connectivity index (χ1v) is 7.96. The summed E-state index contributed by atoms with van der Waals surface area (Å²) in [6.45, 7) is 8.10. The van der Waals surface area contributed by atoms with Crippen molar-refractivity contribution in [2.45, 2.75) is 32.6 Å². The second-order valence-electron chi connectivity index (χ2n) is 6.02. The number of carbonyl (C=O) groups is 1. The first kappa shape index (κ1) is 16.6. The number of hydrogen-bond acceptors (Lipinski definition) is 3. The van der Waals surface area contributed by atoms with Crippen LogP contribution in [0.1, 0.15) is 43.7 Å². The third-order valence-corrected chi connectivity index (χ3v) is 3.97. The van der Waals surface area contributed by atoms with Crippen LogP contribution in [0.3, 0.4) is 0 Å². The Hall–Kier alpha value is -1.81. The topological polar surface area (TPSA) is 49.8 Å². The average molecular weight is 303 g/mol. The monoisotopic (exact) mass is 303 g/mol. The van der Waals surface area contributed by atoms with Crippen molar-refractivity contribution in [1.82, 2.24) is 4.90 Å². The summed E-state index contributed by atoms with van der Waals surface area (Å²) in [4.78, 5) is 13.2. The molecule has 0 atom stereocenters. The maximum atomic E-state index is 10.8. The van der Waals surface area contributed by atoms with Crippen LogP contribution in [0.4, 0.5) is 0 Å². The van der Waals surface area contributed by atoms with Crippen molar-refractivity contribution in [2.24, 2.45) is 0 Å². The molecule has 22 heavy (non-hydrogen) atoms. The smallest absolute Gasteiger partial charge is 0.328 e. The summed E-state index contributed by atoms with van der Waals surface area (Å²) in [6, 6.07) is 6.00. The summed E-state index contributed by atoms with van der Waals surface area (Å²) in [6.07, 6.45) is 5.32. The van der Waals surface area contributed by atoms with Crippen LogP contribution in [0.15, 0.2) is 24.3 Å². The van der Waals surface area contributed by atoms with Gasteiger partial charge in [0.25, 0.3) is 0 Å². The molecule has 120 valence electrons. The van der Waals surface area contributed by atoms with E-state index in [4.69, 9.17) is 9.84 Å². The van der Waals surface area contributed by atoms with Gasteiger partial charge >= 0.3 is 5.97 Å². The number of hydrogen-bond donors (Lipinski definition) is 1. The van der Waals surface area contributed by atoms with E-state index in [-0.39, 0.29) is 0 Å². The molecule has 4 nitrogen and oxygen atoms in total. The van der Waals surface area contributed by atoms with Crippen LogP contribution in [-0.4, -0.2) is 42.2 Å². The quantitative estimate of drug-likeness (QED) is 0.785. The Morgan fingerprint density at radius 3 is 2.73 bits per heavy atom. The zero-order valence-electron chi connectivity index (χ0n) is 13.4. The molecule has 1 aliphatic rings. The molecule has 1 aliphatic heterocycles. The lowest BCUT2D eigenvalue weighted by Gasteiger charge is -2.17.